The second kappa shape index (κ2) is 7.70. The molecule has 0 bridgehead atoms. The van der Waals surface area contributed by atoms with Gasteiger partial charge in [0.25, 0.3) is 10.2 Å². The monoisotopic (exact) mass is 278 g/mol. The lowest BCUT2D eigenvalue weighted by Gasteiger charge is -2.20. The van der Waals surface area contributed by atoms with E-state index in [9.17, 15) is 13.2 Å². The highest BCUT2D eigenvalue weighted by Crippen LogP contribution is 2.12. The van der Waals surface area contributed by atoms with Crippen molar-refractivity contribution in [2.24, 2.45) is 0 Å². The first-order chi connectivity index (χ1) is 8.52. The topological polar surface area (TPSA) is 86.7 Å². The van der Waals surface area contributed by atoms with Crippen LogP contribution >= 0.6 is 0 Å². The molecule has 0 radical (unpaired) electrons. The maximum atomic E-state index is 11.9. The van der Waals surface area contributed by atoms with E-state index in [1.54, 1.807) is 0 Å². The van der Waals surface area contributed by atoms with Crippen molar-refractivity contribution < 1.29 is 18.3 Å². The Labute approximate surface area is 109 Å². The molecule has 1 saturated heterocycles. The fourth-order valence-electron chi connectivity index (χ4n) is 1.98. The zero-order chi connectivity index (χ0) is 13.4. The highest BCUT2D eigenvalue weighted by atomic mass is 32.2. The summed E-state index contributed by atoms with van der Waals surface area (Å²) in [6.07, 6.45) is 5.15. The minimum absolute atomic E-state index is 0.0887. The molecule has 0 amide bonds. The lowest BCUT2D eigenvalue weighted by atomic mass is 10.2. The van der Waals surface area contributed by atoms with Crippen molar-refractivity contribution in [2.45, 2.75) is 44.9 Å². The molecule has 0 aromatic heterocycles. The third-order valence-electron chi connectivity index (χ3n) is 3.01. The van der Waals surface area contributed by atoms with Crippen molar-refractivity contribution in [1.29, 1.82) is 0 Å². The van der Waals surface area contributed by atoms with Crippen molar-refractivity contribution in [3.05, 3.63) is 0 Å². The molecule has 0 spiro atoms. The number of carbonyl (C=O) groups is 1. The molecule has 1 aliphatic heterocycles. The molecule has 0 aliphatic carbocycles. The van der Waals surface area contributed by atoms with E-state index in [0.29, 0.717) is 32.5 Å². The Kier molecular flexibility index (Phi) is 6.59. The largest absolute Gasteiger partial charge is 0.481 e. The van der Waals surface area contributed by atoms with Crippen LogP contribution in [0.15, 0.2) is 0 Å². The fourth-order valence-corrected chi connectivity index (χ4v) is 3.30. The van der Waals surface area contributed by atoms with Crippen molar-refractivity contribution in [3.63, 3.8) is 0 Å². The average Bonchev–Trinajstić information content (AvgIpc) is 2.56. The van der Waals surface area contributed by atoms with Crippen molar-refractivity contribution in [3.8, 4) is 0 Å². The molecular formula is C11H22N2O4S. The zero-order valence-corrected chi connectivity index (χ0v) is 11.4. The summed E-state index contributed by atoms with van der Waals surface area (Å²) >= 11 is 0. The summed E-state index contributed by atoms with van der Waals surface area (Å²) in [7, 11) is -3.37. The van der Waals surface area contributed by atoms with Crippen LogP contribution in [-0.2, 0) is 15.0 Å². The highest BCUT2D eigenvalue weighted by Gasteiger charge is 2.21. The Hall–Kier alpha value is -0.660. The van der Waals surface area contributed by atoms with Crippen LogP contribution in [0.4, 0.5) is 0 Å². The first-order valence-corrected chi connectivity index (χ1v) is 7.93. The summed E-state index contributed by atoms with van der Waals surface area (Å²) in [5.74, 6) is -0.842. The maximum Gasteiger partial charge on any atom is 0.303 e. The van der Waals surface area contributed by atoms with Gasteiger partial charge in [0.05, 0.1) is 0 Å². The van der Waals surface area contributed by atoms with E-state index in [2.05, 4.69) is 4.72 Å². The van der Waals surface area contributed by atoms with E-state index >= 15 is 0 Å². The Balaban J connectivity index is 2.27. The first-order valence-electron chi connectivity index (χ1n) is 6.49. The van der Waals surface area contributed by atoms with Gasteiger partial charge in [-0.1, -0.05) is 12.8 Å². The molecule has 7 heteroatoms. The van der Waals surface area contributed by atoms with E-state index in [1.165, 1.54) is 4.31 Å². The zero-order valence-electron chi connectivity index (χ0n) is 10.6. The Bertz CT molecular complexity index is 348. The SMILES string of the molecule is O=C(O)CCCCNS(=O)(=O)N1CCCCCC1. The molecule has 1 aliphatic rings. The van der Waals surface area contributed by atoms with Gasteiger partial charge in [-0.25, -0.2) is 4.72 Å². The summed E-state index contributed by atoms with van der Waals surface area (Å²) < 4.78 is 27.9. The van der Waals surface area contributed by atoms with Gasteiger partial charge in [0.2, 0.25) is 0 Å². The molecule has 0 aromatic rings. The van der Waals surface area contributed by atoms with Crippen LogP contribution < -0.4 is 4.72 Å². The molecule has 106 valence electrons. The van der Waals surface area contributed by atoms with Crippen LogP contribution in [0.3, 0.4) is 0 Å². The lowest BCUT2D eigenvalue weighted by Crippen LogP contribution is -2.41. The van der Waals surface area contributed by atoms with E-state index < -0.39 is 16.2 Å². The van der Waals surface area contributed by atoms with E-state index in [0.717, 1.165) is 25.7 Å². The summed E-state index contributed by atoms with van der Waals surface area (Å²) in [6, 6.07) is 0. The van der Waals surface area contributed by atoms with Crippen molar-refractivity contribution in [1.82, 2.24) is 9.03 Å². The number of nitrogens with one attached hydrogen (secondary N) is 1. The third kappa shape index (κ3) is 5.79. The van der Waals surface area contributed by atoms with Crippen LogP contribution in [0.25, 0.3) is 0 Å². The first kappa shape index (κ1) is 15.4. The van der Waals surface area contributed by atoms with Crippen LogP contribution in [0.5, 0.6) is 0 Å². The third-order valence-corrected chi connectivity index (χ3v) is 4.62. The number of rotatable bonds is 7. The predicted molar refractivity (Wildman–Crippen MR) is 68.5 cm³/mol. The van der Waals surface area contributed by atoms with E-state index in [-0.39, 0.29) is 6.42 Å². The van der Waals surface area contributed by atoms with Gasteiger partial charge in [0.1, 0.15) is 0 Å². The average molecular weight is 278 g/mol. The predicted octanol–water partition coefficient (Wildman–Crippen LogP) is 0.952. The maximum absolute atomic E-state index is 11.9. The van der Waals surface area contributed by atoms with Crippen LogP contribution in [0.2, 0.25) is 0 Å². The van der Waals surface area contributed by atoms with Crippen molar-refractivity contribution >= 4 is 16.2 Å². The van der Waals surface area contributed by atoms with Crippen LogP contribution in [0, 0.1) is 0 Å². The number of aliphatic carboxylic acids is 1. The van der Waals surface area contributed by atoms with E-state index in [4.69, 9.17) is 5.11 Å². The van der Waals surface area contributed by atoms with Crippen LogP contribution in [0.1, 0.15) is 44.9 Å². The highest BCUT2D eigenvalue weighted by molar-refractivity contribution is 7.87. The fraction of sp³-hybridized carbons (Fsp3) is 0.909. The van der Waals surface area contributed by atoms with Gasteiger partial charge in [-0.2, -0.15) is 12.7 Å². The van der Waals surface area contributed by atoms with Gasteiger partial charge in [-0.05, 0) is 25.7 Å². The van der Waals surface area contributed by atoms with Crippen LogP contribution in [-0.4, -0.2) is 43.4 Å². The molecular weight excluding hydrogens is 256 g/mol. The number of carboxylic acids is 1. The van der Waals surface area contributed by atoms with Gasteiger partial charge in [-0.15, -0.1) is 0 Å². The second-order valence-electron chi connectivity index (χ2n) is 4.56. The van der Waals surface area contributed by atoms with Gasteiger partial charge in [-0.3, -0.25) is 4.79 Å². The molecule has 1 rings (SSSR count). The van der Waals surface area contributed by atoms with Gasteiger partial charge >= 0.3 is 5.97 Å². The summed E-state index contributed by atoms with van der Waals surface area (Å²) in [6.45, 7) is 1.49. The quantitative estimate of drug-likeness (QED) is 0.679. The smallest absolute Gasteiger partial charge is 0.303 e. The van der Waals surface area contributed by atoms with Crippen molar-refractivity contribution in [2.75, 3.05) is 19.6 Å². The molecule has 0 saturated carbocycles. The Morgan fingerprint density at radius 2 is 1.72 bits per heavy atom. The molecule has 18 heavy (non-hydrogen) atoms. The second-order valence-corrected chi connectivity index (χ2v) is 6.32. The standard InChI is InChI=1S/C11H22N2O4S/c14-11(15)7-3-4-8-12-18(16,17)13-9-5-1-2-6-10-13/h12H,1-10H2,(H,14,15). The normalized spacial score (nSPS) is 18.4. The molecule has 1 heterocycles. The lowest BCUT2D eigenvalue weighted by molar-refractivity contribution is -0.137. The summed E-state index contributed by atoms with van der Waals surface area (Å²) in [5, 5.41) is 8.46. The number of hydrogen-bond donors (Lipinski definition) is 2. The molecule has 6 nitrogen and oxygen atoms in total. The summed E-state index contributed by atoms with van der Waals surface area (Å²) in [4.78, 5) is 10.3. The number of unbranched alkanes of at least 4 members (excludes halogenated alkanes) is 1. The number of carboxylic acid groups (broad SMARTS) is 1. The number of hydrogen-bond acceptors (Lipinski definition) is 3. The number of nitrogens with zero attached hydrogens (tertiary/aromatic N) is 1. The molecule has 1 fully saturated rings. The Morgan fingerprint density at radius 1 is 1.11 bits per heavy atom. The van der Waals surface area contributed by atoms with Gasteiger partial charge in [0.15, 0.2) is 0 Å². The molecule has 0 unspecified atom stereocenters. The van der Waals surface area contributed by atoms with Gasteiger partial charge < -0.3 is 5.11 Å². The van der Waals surface area contributed by atoms with Gasteiger partial charge in [0, 0.05) is 26.1 Å². The molecule has 2 N–H and O–H groups in total. The molecule has 0 atom stereocenters. The summed E-state index contributed by atoms with van der Waals surface area (Å²) in [5.41, 5.74) is 0. The Morgan fingerprint density at radius 3 is 2.28 bits per heavy atom. The molecule has 0 aromatic carbocycles. The minimum atomic E-state index is -3.37. The van der Waals surface area contributed by atoms with E-state index in [1.807, 2.05) is 0 Å². The minimum Gasteiger partial charge on any atom is -0.481 e.